The number of carbonyl (C=O) groups excluding carboxylic acids is 4. The standard InChI is InChI=1S/C53H66N8O6/c1-29(2)46(58-52(64)66-6)50(62)60-25-9-13-44(60)48-54-28-43(57-48)40-23-22-39(37-11-8-12-38(37)40)36-21-17-32(15-16-33-18-20-35(33)31(36)5)34-19-24-41-42(27-34)56-49(55-41)45-14-10-26-61(45)51(63)47(30(3)4)59-53(65)67-7/h17,19,21-24,27-30,33,35,44-47H,5,8-16,18,20,25-26H2,1-4,6-7H3,(H,54,57)(H,55,56)(H,58,64)(H,59,65)/b32-17+,36-21+/t33?,35?,44-,45-,46-,47-/m0/s1. The summed E-state index contributed by atoms with van der Waals surface area (Å²) >= 11 is 0. The number of likely N-dealkylation sites (tertiary alicyclic amines) is 2. The van der Waals surface area contributed by atoms with Crippen LogP contribution in [0, 0.1) is 23.7 Å². The van der Waals surface area contributed by atoms with Gasteiger partial charge in [-0.2, -0.15) is 0 Å². The number of nitrogens with zero attached hydrogens (tertiary/aromatic N) is 4. The lowest BCUT2D eigenvalue weighted by Gasteiger charge is -2.39. The summed E-state index contributed by atoms with van der Waals surface area (Å²) in [6.07, 6.45) is 16.1. The second-order valence-electron chi connectivity index (χ2n) is 19.9. The Morgan fingerprint density at radius 1 is 0.731 bits per heavy atom. The molecule has 354 valence electrons. The molecule has 14 heteroatoms. The molecule has 6 atom stereocenters. The lowest BCUT2D eigenvalue weighted by Crippen LogP contribution is -2.51. The highest BCUT2D eigenvalue weighted by atomic mass is 16.5. The van der Waals surface area contributed by atoms with Gasteiger partial charge >= 0.3 is 12.2 Å². The molecule has 14 nitrogen and oxygen atoms in total. The van der Waals surface area contributed by atoms with Crippen LogP contribution in [0.2, 0.25) is 0 Å². The second-order valence-corrected chi connectivity index (χ2v) is 19.9. The van der Waals surface area contributed by atoms with E-state index in [1.807, 2.05) is 43.7 Å². The number of amides is 4. The number of benzene rings is 2. The van der Waals surface area contributed by atoms with E-state index in [4.69, 9.17) is 26.0 Å². The number of imidazole rings is 2. The van der Waals surface area contributed by atoms with Gasteiger partial charge in [0.15, 0.2) is 0 Å². The van der Waals surface area contributed by atoms with Crippen molar-refractivity contribution in [2.24, 2.45) is 23.7 Å². The first-order valence-electron chi connectivity index (χ1n) is 24.5. The van der Waals surface area contributed by atoms with E-state index in [0.717, 1.165) is 104 Å². The molecule has 2 aliphatic heterocycles. The van der Waals surface area contributed by atoms with Gasteiger partial charge < -0.3 is 39.9 Å². The number of fused-ring (bicyclic) bond motifs is 3. The first kappa shape index (κ1) is 46.0. The summed E-state index contributed by atoms with van der Waals surface area (Å²) in [5.41, 5.74) is 12.7. The smallest absolute Gasteiger partial charge is 0.407 e. The maximum atomic E-state index is 13.8. The molecule has 9 rings (SSSR count). The zero-order valence-electron chi connectivity index (χ0n) is 39.9. The first-order valence-corrected chi connectivity index (χ1v) is 24.5. The van der Waals surface area contributed by atoms with Crippen molar-refractivity contribution in [3.8, 4) is 11.3 Å². The molecule has 2 unspecified atom stereocenters. The average Bonchev–Trinajstić information content (AvgIpc) is 4.17. The predicted octanol–water partition coefficient (Wildman–Crippen LogP) is 9.37. The van der Waals surface area contributed by atoms with Crippen molar-refractivity contribution in [1.29, 1.82) is 0 Å². The van der Waals surface area contributed by atoms with Crippen LogP contribution in [0.15, 0.2) is 60.8 Å². The van der Waals surface area contributed by atoms with Crippen molar-refractivity contribution in [3.05, 3.63) is 94.7 Å². The van der Waals surface area contributed by atoms with Gasteiger partial charge in [0.05, 0.1) is 43.0 Å². The van der Waals surface area contributed by atoms with Crippen molar-refractivity contribution in [2.75, 3.05) is 27.3 Å². The van der Waals surface area contributed by atoms with E-state index in [0.29, 0.717) is 24.9 Å². The van der Waals surface area contributed by atoms with E-state index in [1.54, 1.807) is 0 Å². The quantitative estimate of drug-likeness (QED) is 0.115. The number of rotatable bonds is 11. The molecule has 2 aromatic carbocycles. The molecule has 4 heterocycles. The third-order valence-electron chi connectivity index (χ3n) is 15.3. The molecule has 4 N–H and O–H groups in total. The first-order chi connectivity index (χ1) is 32.3. The van der Waals surface area contributed by atoms with Crippen LogP contribution in [0.3, 0.4) is 0 Å². The highest BCUT2D eigenvalue weighted by Gasteiger charge is 2.40. The van der Waals surface area contributed by atoms with Crippen LogP contribution in [0.25, 0.3) is 33.4 Å². The molecular weight excluding hydrogens is 845 g/mol. The fraction of sp³-hybridized carbons (Fsp3) is 0.509. The highest BCUT2D eigenvalue weighted by Crippen LogP contribution is 2.49. The number of alkyl carbamates (subject to hydrolysis) is 2. The fourth-order valence-electron chi connectivity index (χ4n) is 11.4. The maximum Gasteiger partial charge on any atom is 0.407 e. The van der Waals surface area contributed by atoms with Crippen molar-refractivity contribution in [3.63, 3.8) is 0 Å². The minimum absolute atomic E-state index is 0.106. The topological polar surface area (TPSA) is 175 Å². The predicted molar refractivity (Wildman–Crippen MR) is 258 cm³/mol. The summed E-state index contributed by atoms with van der Waals surface area (Å²) in [6, 6.07) is 9.19. The number of ether oxygens (including phenoxy) is 2. The van der Waals surface area contributed by atoms with Crippen LogP contribution >= 0.6 is 0 Å². The van der Waals surface area contributed by atoms with E-state index in [9.17, 15) is 19.2 Å². The third kappa shape index (κ3) is 8.91. The lowest BCUT2D eigenvalue weighted by atomic mass is 9.66. The second kappa shape index (κ2) is 19.2. The fourth-order valence-corrected chi connectivity index (χ4v) is 11.4. The van der Waals surface area contributed by atoms with Crippen LogP contribution in [-0.4, -0.2) is 93.1 Å². The SMILES string of the molecule is C=C1/C(c2ccc(-c3c[nH]c([C@@H]4CCCN4C(=O)[C@@H](NC(=O)OC)C(C)C)n3)c3c2CCC3)=C\C=C(\c2ccc3nc([C@@H]4CCCN4C(=O)[C@@H](NC(=O)OC)C(C)C)[nH]c3c2)CCC2CCC12. The lowest BCUT2D eigenvalue weighted by molar-refractivity contribution is -0.136. The third-order valence-corrected chi connectivity index (χ3v) is 15.3. The van der Waals surface area contributed by atoms with E-state index in [1.165, 1.54) is 54.1 Å². The number of aromatic nitrogens is 4. The molecule has 4 aromatic rings. The molecule has 2 aromatic heterocycles. The van der Waals surface area contributed by atoms with E-state index >= 15 is 0 Å². The number of hydrogen-bond donors (Lipinski definition) is 4. The zero-order chi connectivity index (χ0) is 47.1. The van der Waals surface area contributed by atoms with Crippen LogP contribution in [0.5, 0.6) is 0 Å². The normalized spacial score (nSPS) is 24.1. The van der Waals surface area contributed by atoms with Crippen LogP contribution in [0.4, 0.5) is 9.59 Å². The number of aromatic amines is 2. The minimum Gasteiger partial charge on any atom is -0.453 e. The average molecular weight is 911 g/mol. The number of hydrogen-bond acceptors (Lipinski definition) is 8. The number of H-pyrrole nitrogens is 2. The van der Waals surface area contributed by atoms with Crippen molar-refractivity contribution >= 4 is 46.2 Å². The Morgan fingerprint density at radius 2 is 1.36 bits per heavy atom. The van der Waals surface area contributed by atoms with Gasteiger partial charge in [-0.1, -0.05) is 64.6 Å². The molecule has 0 spiro atoms. The van der Waals surface area contributed by atoms with Gasteiger partial charge in [-0.05, 0) is 145 Å². The summed E-state index contributed by atoms with van der Waals surface area (Å²) in [6.45, 7) is 13.7. The van der Waals surface area contributed by atoms with Crippen LogP contribution in [0.1, 0.15) is 131 Å². The molecular formula is C53H66N8O6. The summed E-state index contributed by atoms with van der Waals surface area (Å²) in [7, 11) is 2.62. The van der Waals surface area contributed by atoms with Gasteiger partial charge in [0.25, 0.3) is 0 Å². The Kier molecular flexibility index (Phi) is 13.2. The molecule has 2 saturated heterocycles. The molecule has 0 bridgehead atoms. The number of nitrogens with one attached hydrogen (secondary N) is 4. The molecule has 5 aliphatic rings. The molecule has 0 radical (unpaired) electrons. The molecule has 4 amide bonds. The van der Waals surface area contributed by atoms with Crippen LogP contribution in [-0.2, 0) is 31.9 Å². The summed E-state index contributed by atoms with van der Waals surface area (Å²) in [5.74, 6) is 2.11. The summed E-state index contributed by atoms with van der Waals surface area (Å²) < 4.78 is 9.66. The van der Waals surface area contributed by atoms with Crippen LogP contribution < -0.4 is 10.6 Å². The summed E-state index contributed by atoms with van der Waals surface area (Å²) in [4.78, 5) is 72.9. The van der Waals surface area contributed by atoms with Gasteiger partial charge in [0.1, 0.15) is 23.7 Å². The van der Waals surface area contributed by atoms with Gasteiger partial charge in [0, 0.05) is 24.8 Å². The largest absolute Gasteiger partial charge is 0.453 e. The van der Waals surface area contributed by atoms with Gasteiger partial charge in [-0.25, -0.2) is 19.6 Å². The van der Waals surface area contributed by atoms with Gasteiger partial charge in [0.2, 0.25) is 11.8 Å². The van der Waals surface area contributed by atoms with Gasteiger partial charge in [-0.15, -0.1) is 0 Å². The number of carbonyl (C=O) groups is 4. The van der Waals surface area contributed by atoms with E-state index in [2.05, 4.69) is 63.1 Å². The van der Waals surface area contributed by atoms with Gasteiger partial charge in [-0.3, -0.25) is 9.59 Å². The Labute approximate surface area is 393 Å². The Hall–Kier alpha value is -6.18. The Bertz CT molecular complexity index is 2640. The summed E-state index contributed by atoms with van der Waals surface area (Å²) in [5, 5.41) is 5.49. The van der Waals surface area contributed by atoms with Crippen molar-refractivity contribution in [1.82, 2.24) is 40.4 Å². The zero-order valence-corrected chi connectivity index (χ0v) is 39.9. The monoisotopic (exact) mass is 911 g/mol. The van der Waals surface area contributed by atoms with E-state index < -0.39 is 24.3 Å². The minimum atomic E-state index is -0.691. The molecule has 67 heavy (non-hydrogen) atoms. The van der Waals surface area contributed by atoms with E-state index in [-0.39, 0.29) is 35.7 Å². The molecule has 1 saturated carbocycles. The molecule has 3 fully saturated rings. The molecule has 3 aliphatic carbocycles. The van der Waals surface area contributed by atoms with Crippen molar-refractivity contribution in [2.45, 2.75) is 122 Å². The Balaban J connectivity index is 0.990. The number of allylic oxidation sites excluding steroid dienone is 5. The highest BCUT2D eigenvalue weighted by molar-refractivity contribution is 5.89. The maximum absolute atomic E-state index is 13.8. The Morgan fingerprint density at radius 3 is 1.97 bits per heavy atom. The van der Waals surface area contributed by atoms with Crippen molar-refractivity contribution < 1.29 is 28.7 Å². The number of methoxy groups -OCH3 is 2.